The zero-order valence-electron chi connectivity index (χ0n) is 11.2. The molecule has 7 nitrogen and oxygen atoms in total. The predicted octanol–water partition coefficient (Wildman–Crippen LogP) is 1.33. The number of carbonyl (C=O) groups is 2. The van der Waals surface area contributed by atoms with Gasteiger partial charge in [0.05, 0.1) is 25.2 Å². The molecule has 0 aromatic carbocycles. The summed E-state index contributed by atoms with van der Waals surface area (Å²) in [5.74, 6) is -3.67. The van der Waals surface area contributed by atoms with Gasteiger partial charge in [-0.3, -0.25) is 0 Å². The van der Waals surface area contributed by atoms with Crippen LogP contribution in [-0.4, -0.2) is 24.5 Å². The summed E-state index contributed by atoms with van der Waals surface area (Å²) in [5, 5.41) is 16.6. The van der Waals surface area contributed by atoms with E-state index in [1.165, 1.54) is 0 Å². The van der Waals surface area contributed by atoms with Crippen LogP contribution in [0.3, 0.4) is 0 Å². The van der Waals surface area contributed by atoms with Crippen molar-refractivity contribution < 1.29 is 23.8 Å². The average molecular weight is 278 g/mol. The van der Waals surface area contributed by atoms with Gasteiger partial charge >= 0.3 is 17.9 Å². The lowest BCUT2D eigenvalue weighted by molar-refractivity contribution is -0.342. The minimum atomic E-state index is -1.89. The van der Waals surface area contributed by atoms with Crippen LogP contribution < -0.4 is 0 Å². The number of hydrogen-bond acceptors (Lipinski definition) is 7. The Balaban J connectivity index is 5.00. The van der Waals surface area contributed by atoms with Crippen LogP contribution in [0.15, 0.2) is 24.3 Å². The molecule has 0 aliphatic carbocycles. The smallest absolute Gasteiger partial charge is 0.375 e. The molecule has 0 unspecified atom stereocenters. The zero-order valence-corrected chi connectivity index (χ0v) is 11.2. The first-order valence-electron chi connectivity index (χ1n) is 5.75. The number of carbonyl (C=O) groups excluding carboxylic acids is 2. The molecule has 20 heavy (non-hydrogen) atoms. The Bertz CT molecular complexity index is 444. The maximum absolute atomic E-state index is 11.4. The molecular formula is C13H14N2O5. The van der Waals surface area contributed by atoms with E-state index in [9.17, 15) is 9.59 Å². The summed E-state index contributed by atoms with van der Waals surface area (Å²) in [6.45, 7) is 3.33. The summed E-state index contributed by atoms with van der Waals surface area (Å²) >= 11 is 0. The Morgan fingerprint density at radius 2 is 1.50 bits per heavy atom. The predicted molar refractivity (Wildman–Crippen MR) is 66.3 cm³/mol. The number of rotatable bonds is 7. The van der Waals surface area contributed by atoms with Crippen molar-refractivity contribution in [3.8, 4) is 12.1 Å². The zero-order chi connectivity index (χ0) is 15.4. The summed E-state index contributed by atoms with van der Waals surface area (Å²) in [4.78, 5) is 22.9. The fourth-order valence-electron chi connectivity index (χ4n) is 1.13. The fourth-order valence-corrected chi connectivity index (χ4v) is 1.13. The summed E-state index contributed by atoms with van der Waals surface area (Å²) in [6.07, 6.45) is 3.64. The highest BCUT2D eigenvalue weighted by molar-refractivity contribution is 5.84. The van der Waals surface area contributed by atoms with Crippen molar-refractivity contribution in [1.82, 2.24) is 0 Å². The van der Waals surface area contributed by atoms with Crippen molar-refractivity contribution in [2.45, 2.75) is 26.2 Å². The number of nitrogens with zero attached hydrogens (tertiary/aromatic N) is 2. The molecule has 0 radical (unpaired) electrons. The fraction of sp³-hybridized carbons (Fsp3) is 0.385. The standard InChI is InChI=1S/C13H14N2O5/c1-3-13(18-4-2,19-11(16)7-5-9-14)20-12(17)8-6-10-15/h5-8H,3-4H2,1-2H3. The molecule has 0 aromatic rings. The molecule has 0 atom stereocenters. The normalized spacial score (nSPS) is 13.4. The van der Waals surface area contributed by atoms with Crippen molar-refractivity contribution in [3.63, 3.8) is 0 Å². The molecule has 0 aliphatic rings. The van der Waals surface area contributed by atoms with E-state index in [-0.39, 0.29) is 13.0 Å². The Morgan fingerprint density at radius 3 is 1.80 bits per heavy atom. The van der Waals surface area contributed by atoms with Crippen molar-refractivity contribution in [1.29, 1.82) is 10.5 Å². The quantitative estimate of drug-likeness (QED) is 0.299. The highest BCUT2D eigenvalue weighted by atomic mass is 16.9. The third kappa shape index (κ3) is 6.34. The number of ether oxygens (including phenoxy) is 3. The third-order valence-corrected chi connectivity index (χ3v) is 1.90. The van der Waals surface area contributed by atoms with Crippen LogP contribution in [0.1, 0.15) is 20.3 Å². The number of nitriles is 2. The van der Waals surface area contributed by atoms with Crippen molar-refractivity contribution in [2.24, 2.45) is 0 Å². The molecule has 0 amide bonds. The Labute approximate surface area is 116 Å². The van der Waals surface area contributed by atoms with Crippen LogP contribution in [0.4, 0.5) is 0 Å². The van der Waals surface area contributed by atoms with E-state index < -0.39 is 17.9 Å². The lowest BCUT2D eigenvalue weighted by Crippen LogP contribution is -2.41. The average Bonchev–Trinajstić information content (AvgIpc) is 2.43. The van der Waals surface area contributed by atoms with E-state index in [1.54, 1.807) is 26.0 Å². The SMILES string of the molecule is CCOC(CC)(OC(=O)C=CC#N)OC(=O)C=CC#N. The van der Waals surface area contributed by atoms with Crippen molar-refractivity contribution in [3.05, 3.63) is 24.3 Å². The molecule has 0 N–H and O–H groups in total. The second kappa shape index (κ2) is 9.31. The van der Waals surface area contributed by atoms with Crippen molar-refractivity contribution in [2.75, 3.05) is 6.61 Å². The van der Waals surface area contributed by atoms with Crippen LogP contribution >= 0.6 is 0 Å². The van der Waals surface area contributed by atoms with Crippen LogP contribution in [0.2, 0.25) is 0 Å². The molecule has 0 saturated heterocycles. The molecular weight excluding hydrogens is 264 g/mol. The lowest BCUT2D eigenvalue weighted by Gasteiger charge is -2.29. The van der Waals surface area contributed by atoms with Gasteiger partial charge in [0, 0.05) is 24.3 Å². The molecule has 0 fully saturated rings. The molecule has 0 saturated carbocycles. The molecule has 0 rings (SSSR count). The van der Waals surface area contributed by atoms with Gasteiger partial charge in [0.15, 0.2) is 0 Å². The van der Waals surface area contributed by atoms with Crippen LogP contribution in [0.25, 0.3) is 0 Å². The first-order valence-corrected chi connectivity index (χ1v) is 5.75. The second-order valence-electron chi connectivity index (χ2n) is 3.24. The Hall–Kier alpha value is -2.64. The van der Waals surface area contributed by atoms with E-state index in [0.29, 0.717) is 0 Å². The lowest BCUT2D eigenvalue weighted by atomic mass is 10.4. The Kier molecular flexibility index (Phi) is 8.08. The monoisotopic (exact) mass is 278 g/mol. The molecule has 0 aromatic heterocycles. The molecule has 0 spiro atoms. The largest absolute Gasteiger partial charge is 0.395 e. The molecule has 0 heterocycles. The van der Waals surface area contributed by atoms with Crippen LogP contribution in [0.5, 0.6) is 0 Å². The van der Waals surface area contributed by atoms with Crippen molar-refractivity contribution >= 4 is 11.9 Å². The summed E-state index contributed by atoms with van der Waals surface area (Å²) < 4.78 is 15.0. The molecule has 106 valence electrons. The molecule has 7 heteroatoms. The number of esters is 2. The van der Waals surface area contributed by atoms with Gasteiger partial charge in [-0.1, -0.05) is 6.92 Å². The maximum Gasteiger partial charge on any atom is 0.375 e. The van der Waals surface area contributed by atoms with E-state index in [0.717, 1.165) is 24.3 Å². The highest BCUT2D eigenvalue weighted by Gasteiger charge is 2.37. The first-order chi connectivity index (χ1) is 9.53. The third-order valence-electron chi connectivity index (χ3n) is 1.90. The summed E-state index contributed by atoms with van der Waals surface area (Å²) in [6, 6.07) is 3.25. The van der Waals surface area contributed by atoms with Gasteiger partial charge in [-0.2, -0.15) is 10.5 Å². The number of allylic oxidation sites excluding steroid dienone is 2. The second-order valence-corrected chi connectivity index (χ2v) is 3.24. The van der Waals surface area contributed by atoms with Gasteiger partial charge in [0.2, 0.25) is 0 Å². The number of hydrogen-bond donors (Lipinski definition) is 0. The van der Waals surface area contributed by atoms with Gasteiger partial charge in [-0.05, 0) is 6.92 Å². The summed E-state index contributed by atoms with van der Waals surface area (Å²) in [7, 11) is 0. The van der Waals surface area contributed by atoms with E-state index >= 15 is 0 Å². The van der Waals surface area contributed by atoms with Crippen LogP contribution in [0, 0.1) is 22.7 Å². The molecule has 0 aliphatic heterocycles. The van der Waals surface area contributed by atoms with Gasteiger partial charge in [-0.25, -0.2) is 9.59 Å². The summed E-state index contributed by atoms with van der Waals surface area (Å²) in [5.41, 5.74) is 0. The van der Waals surface area contributed by atoms with Crippen LogP contribution in [-0.2, 0) is 23.8 Å². The van der Waals surface area contributed by atoms with Gasteiger partial charge in [-0.15, -0.1) is 0 Å². The van der Waals surface area contributed by atoms with E-state index in [1.807, 2.05) is 0 Å². The maximum atomic E-state index is 11.4. The minimum Gasteiger partial charge on any atom is -0.395 e. The minimum absolute atomic E-state index is 0.0408. The van der Waals surface area contributed by atoms with Gasteiger partial charge in [0.25, 0.3) is 0 Å². The topological polar surface area (TPSA) is 109 Å². The van der Waals surface area contributed by atoms with E-state index in [2.05, 4.69) is 0 Å². The first kappa shape index (κ1) is 17.4. The Morgan fingerprint density at radius 1 is 1.05 bits per heavy atom. The van der Waals surface area contributed by atoms with E-state index in [4.69, 9.17) is 24.7 Å². The molecule has 0 bridgehead atoms. The van der Waals surface area contributed by atoms with Gasteiger partial charge in [0.1, 0.15) is 0 Å². The van der Waals surface area contributed by atoms with Gasteiger partial charge < -0.3 is 14.2 Å². The highest BCUT2D eigenvalue weighted by Crippen LogP contribution is 2.21.